The number of hydrogen-bond acceptors (Lipinski definition) is 4. The average Bonchev–Trinajstić information content (AvgIpc) is 2.65. The summed E-state index contributed by atoms with van der Waals surface area (Å²) in [4.78, 5) is 17.1. The topological polar surface area (TPSA) is 91.5 Å². The Morgan fingerprint density at radius 1 is 1.42 bits per heavy atom. The fraction of sp³-hybridized carbons (Fsp3) is 0.538. The highest BCUT2D eigenvalue weighted by molar-refractivity contribution is 5.67. The molecule has 6 heteroatoms. The highest BCUT2D eigenvalue weighted by Gasteiger charge is 2.43. The molecule has 2 bridgehead atoms. The summed E-state index contributed by atoms with van der Waals surface area (Å²) in [5.41, 5.74) is 6.50. The molecule has 2 atom stereocenters. The number of hydrogen-bond donors (Lipinski definition) is 3. The molecule has 102 valence electrons. The SMILES string of the molecule is Nc1cccnc1NC1C[C@@H]2CC[C@@H](C1)N2C(=O)O. The average molecular weight is 262 g/mol. The number of amides is 1. The van der Waals surface area contributed by atoms with Crippen molar-refractivity contribution in [2.45, 2.75) is 43.8 Å². The van der Waals surface area contributed by atoms with Gasteiger partial charge in [0.05, 0.1) is 5.69 Å². The number of carbonyl (C=O) groups is 1. The third-order valence-corrected chi connectivity index (χ3v) is 4.13. The molecule has 2 saturated heterocycles. The van der Waals surface area contributed by atoms with Gasteiger partial charge in [0.1, 0.15) is 5.82 Å². The lowest BCUT2D eigenvalue weighted by Gasteiger charge is -2.37. The maximum atomic E-state index is 11.2. The zero-order valence-electron chi connectivity index (χ0n) is 10.6. The summed E-state index contributed by atoms with van der Waals surface area (Å²) in [5.74, 6) is 0.704. The van der Waals surface area contributed by atoms with Gasteiger partial charge < -0.3 is 21.1 Å². The molecule has 6 nitrogen and oxygen atoms in total. The Balaban J connectivity index is 1.70. The molecule has 0 spiro atoms. The predicted octanol–water partition coefficient (Wildman–Crippen LogP) is 1.75. The predicted molar refractivity (Wildman–Crippen MR) is 72.0 cm³/mol. The lowest BCUT2D eigenvalue weighted by molar-refractivity contribution is 0.0994. The second-order valence-electron chi connectivity index (χ2n) is 5.33. The first-order valence-corrected chi connectivity index (χ1v) is 6.63. The van der Waals surface area contributed by atoms with E-state index in [2.05, 4.69) is 10.3 Å². The van der Waals surface area contributed by atoms with Crippen LogP contribution in [0.15, 0.2) is 18.3 Å². The number of nitrogens with one attached hydrogen (secondary N) is 1. The lowest BCUT2D eigenvalue weighted by atomic mass is 9.98. The number of carboxylic acid groups (broad SMARTS) is 1. The van der Waals surface area contributed by atoms with Gasteiger partial charge >= 0.3 is 6.09 Å². The monoisotopic (exact) mass is 262 g/mol. The maximum Gasteiger partial charge on any atom is 0.407 e. The first-order chi connectivity index (χ1) is 9.15. The number of piperidine rings is 1. The Morgan fingerprint density at radius 2 is 2.11 bits per heavy atom. The maximum absolute atomic E-state index is 11.2. The molecule has 3 rings (SSSR count). The van der Waals surface area contributed by atoms with E-state index in [1.165, 1.54) is 0 Å². The minimum absolute atomic E-state index is 0.138. The van der Waals surface area contributed by atoms with Gasteiger partial charge in [-0.05, 0) is 37.8 Å². The molecule has 2 fully saturated rings. The van der Waals surface area contributed by atoms with Gasteiger partial charge in [-0.15, -0.1) is 0 Å². The van der Waals surface area contributed by atoms with Gasteiger partial charge in [0, 0.05) is 24.3 Å². The van der Waals surface area contributed by atoms with Crippen molar-refractivity contribution in [3.8, 4) is 0 Å². The van der Waals surface area contributed by atoms with E-state index < -0.39 is 6.09 Å². The van der Waals surface area contributed by atoms with E-state index in [4.69, 9.17) is 5.73 Å². The third-order valence-electron chi connectivity index (χ3n) is 4.13. The Labute approximate surface area is 111 Å². The van der Waals surface area contributed by atoms with Crippen molar-refractivity contribution in [3.05, 3.63) is 18.3 Å². The number of nitrogens with two attached hydrogens (primary N) is 1. The summed E-state index contributed by atoms with van der Waals surface area (Å²) >= 11 is 0. The molecule has 0 aromatic carbocycles. The van der Waals surface area contributed by atoms with Gasteiger partial charge in [-0.1, -0.05) is 0 Å². The first-order valence-electron chi connectivity index (χ1n) is 6.63. The van der Waals surface area contributed by atoms with Crippen molar-refractivity contribution in [1.29, 1.82) is 0 Å². The highest BCUT2D eigenvalue weighted by atomic mass is 16.4. The molecule has 2 aliphatic rings. The van der Waals surface area contributed by atoms with Crippen molar-refractivity contribution < 1.29 is 9.90 Å². The molecular weight excluding hydrogens is 244 g/mol. The zero-order valence-corrected chi connectivity index (χ0v) is 10.6. The van der Waals surface area contributed by atoms with E-state index in [1.807, 2.05) is 6.07 Å². The number of anilines is 2. The second kappa shape index (κ2) is 4.60. The summed E-state index contributed by atoms with van der Waals surface area (Å²) in [6, 6.07) is 4.15. The van der Waals surface area contributed by atoms with Gasteiger partial charge in [-0.25, -0.2) is 9.78 Å². The van der Waals surface area contributed by atoms with E-state index in [9.17, 15) is 9.90 Å². The summed E-state index contributed by atoms with van der Waals surface area (Å²) < 4.78 is 0. The fourth-order valence-corrected chi connectivity index (χ4v) is 3.34. The summed E-state index contributed by atoms with van der Waals surface area (Å²) in [5, 5.41) is 12.6. The number of fused-ring (bicyclic) bond motifs is 2. The van der Waals surface area contributed by atoms with Crippen LogP contribution in [-0.2, 0) is 0 Å². The number of nitrogen functional groups attached to an aromatic ring is 1. The summed E-state index contributed by atoms with van der Waals surface area (Å²) in [6.07, 6.45) is 4.51. The first kappa shape index (κ1) is 12.1. The van der Waals surface area contributed by atoms with Crippen LogP contribution < -0.4 is 11.1 Å². The van der Waals surface area contributed by atoms with Crippen molar-refractivity contribution in [3.63, 3.8) is 0 Å². The van der Waals surface area contributed by atoms with E-state index in [1.54, 1.807) is 17.2 Å². The molecule has 1 aromatic heterocycles. The normalized spacial score (nSPS) is 29.3. The fourth-order valence-electron chi connectivity index (χ4n) is 3.34. The van der Waals surface area contributed by atoms with Crippen LogP contribution in [0.1, 0.15) is 25.7 Å². The van der Waals surface area contributed by atoms with Gasteiger partial charge in [0.2, 0.25) is 0 Å². The van der Waals surface area contributed by atoms with Crippen LogP contribution >= 0.6 is 0 Å². The highest BCUT2D eigenvalue weighted by Crippen LogP contribution is 2.36. The molecule has 0 aliphatic carbocycles. The van der Waals surface area contributed by atoms with Crippen molar-refractivity contribution in [2.75, 3.05) is 11.1 Å². The third kappa shape index (κ3) is 2.18. The van der Waals surface area contributed by atoms with Crippen molar-refractivity contribution in [2.24, 2.45) is 0 Å². The Bertz CT molecular complexity index is 479. The van der Waals surface area contributed by atoms with Gasteiger partial charge in [-0.2, -0.15) is 0 Å². The quantitative estimate of drug-likeness (QED) is 0.755. The zero-order chi connectivity index (χ0) is 13.4. The molecule has 4 N–H and O–H groups in total. The number of nitrogens with zero attached hydrogens (tertiary/aromatic N) is 2. The smallest absolute Gasteiger partial charge is 0.407 e. The van der Waals surface area contributed by atoms with Crippen LogP contribution in [0, 0.1) is 0 Å². The minimum atomic E-state index is -0.789. The van der Waals surface area contributed by atoms with Crippen LogP contribution in [0.2, 0.25) is 0 Å². The number of rotatable bonds is 2. The summed E-state index contributed by atoms with van der Waals surface area (Å²) in [7, 11) is 0. The second-order valence-corrected chi connectivity index (χ2v) is 5.33. The molecule has 0 saturated carbocycles. The van der Waals surface area contributed by atoms with Crippen LogP contribution in [0.25, 0.3) is 0 Å². The number of aromatic nitrogens is 1. The molecule has 1 aromatic rings. The van der Waals surface area contributed by atoms with E-state index in [0.29, 0.717) is 11.5 Å². The molecule has 0 unspecified atom stereocenters. The Morgan fingerprint density at radius 3 is 2.68 bits per heavy atom. The van der Waals surface area contributed by atoms with Crippen LogP contribution in [-0.4, -0.2) is 39.2 Å². The molecule has 1 amide bonds. The van der Waals surface area contributed by atoms with Gasteiger partial charge in [-0.3, -0.25) is 0 Å². The molecule has 2 aliphatic heterocycles. The minimum Gasteiger partial charge on any atom is -0.465 e. The van der Waals surface area contributed by atoms with Crippen molar-refractivity contribution in [1.82, 2.24) is 9.88 Å². The molecule has 3 heterocycles. The van der Waals surface area contributed by atoms with E-state index >= 15 is 0 Å². The standard InChI is InChI=1S/C13H18N4O2/c14-11-2-1-5-15-12(11)16-8-6-9-3-4-10(7-8)17(9)13(18)19/h1-2,5,8-10H,3-4,6-7,14H2,(H,15,16)(H,18,19)/t9-,10-/m0/s1. The largest absolute Gasteiger partial charge is 0.465 e. The van der Waals surface area contributed by atoms with E-state index in [0.717, 1.165) is 25.7 Å². The molecule has 0 radical (unpaired) electrons. The van der Waals surface area contributed by atoms with Crippen molar-refractivity contribution >= 4 is 17.6 Å². The Hall–Kier alpha value is -1.98. The summed E-state index contributed by atoms with van der Waals surface area (Å²) in [6.45, 7) is 0. The van der Waals surface area contributed by atoms with Gasteiger partial charge in [0.25, 0.3) is 0 Å². The number of pyridine rings is 1. The van der Waals surface area contributed by atoms with Crippen LogP contribution in [0.3, 0.4) is 0 Å². The Kier molecular flexibility index (Phi) is 2.93. The lowest BCUT2D eigenvalue weighted by Crippen LogP contribution is -2.49. The van der Waals surface area contributed by atoms with Crippen LogP contribution in [0.5, 0.6) is 0 Å². The van der Waals surface area contributed by atoms with E-state index in [-0.39, 0.29) is 18.1 Å². The van der Waals surface area contributed by atoms with Crippen LogP contribution in [0.4, 0.5) is 16.3 Å². The molecular formula is C13H18N4O2. The van der Waals surface area contributed by atoms with Gasteiger partial charge in [0.15, 0.2) is 0 Å². The molecule has 19 heavy (non-hydrogen) atoms.